The van der Waals surface area contributed by atoms with Crippen LogP contribution >= 0.6 is 11.6 Å². The maximum absolute atomic E-state index is 9.46. The van der Waals surface area contributed by atoms with Crippen LogP contribution in [0.1, 0.15) is 38.2 Å². The average Bonchev–Trinajstić information content (AvgIpc) is 2.25. The SMILES string of the molecule is CCC(CC)C(CO)c1cccc(Cl)c1. The van der Waals surface area contributed by atoms with Crippen molar-refractivity contribution in [3.63, 3.8) is 0 Å². The molecule has 0 spiro atoms. The molecule has 1 atom stereocenters. The lowest BCUT2D eigenvalue weighted by Crippen LogP contribution is -2.15. The summed E-state index contributed by atoms with van der Waals surface area (Å²) in [5.41, 5.74) is 1.15. The predicted molar refractivity (Wildman–Crippen MR) is 65.4 cm³/mol. The third-order valence-corrected chi connectivity index (χ3v) is 3.33. The van der Waals surface area contributed by atoms with Gasteiger partial charge in [0, 0.05) is 10.9 Å². The fourth-order valence-electron chi connectivity index (χ4n) is 2.12. The predicted octanol–water partition coefficient (Wildman–Crippen LogP) is 3.85. The van der Waals surface area contributed by atoms with Gasteiger partial charge in [0.2, 0.25) is 0 Å². The molecule has 1 unspecified atom stereocenters. The van der Waals surface area contributed by atoms with Crippen molar-refractivity contribution in [3.05, 3.63) is 34.9 Å². The zero-order valence-electron chi connectivity index (χ0n) is 9.41. The van der Waals surface area contributed by atoms with E-state index >= 15 is 0 Å². The fraction of sp³-hybridized carbons (Fsp3) is 0.538. The van der Waals surface area contributed by atoms with Crippen molar-refractivity contribution in [2.45, 2.75) is 32.6 Å². The third kappa shape index (κ3) is 3.22. The van der Waals surface area contributed by atoms with Gasteiger partial charge in [0.05, 0.1) is 6.61 Å². The first kappa shape index (κ1) is 12.5. The Hall–Kier alpha value is -0.530. The number of benzene rings is 1. The molecular weight excluding hydrogens is 208 g/mol. The highest BCUT2D eigenvalue weighted by molar-refractivity contribution is 6.30. The number of rotatable bonds is 5. The summed E-state index contributed by atoms with van der Waals surface area (Å²) in [6.45, 7) is 4.54. The molecule has 0 saturated heterocycles. The Balaban J connectivity index is 2.90. The van der Waals surface area contributed by atoms with Crippen LogP contribution in [0.3, 0.4) is 0 Å². The molecule has 0 fully saturated rings. The fourth-order valence-corrected chi connectivity index (χ4v) is 2.32. The maximum atomic E-state index is 9.46. The highest BCUT2D eigenvalue weighted by Gasteiger charge is 2.19. The summed E-state index contributed by atoms with van der Waals surface area (Å²) in [5.74, 6) is 0.757. The molecule has 0 heterocycles. The molecule has 0 bridgehead atoms. The Morgan fingerprint density at radius 3 is 2.40 bits per heavy atom. The van der Waals surface area contributed by atoms with E-state index in [9.17, 15) is 5.11 Å². The first-order chi connectivity index (χ1) is 7.22. The minimum absolute atomic E-state index is 0.201. The van der Waals surface area contributed by atoms with Gasteiger partial charge >= 0.3 is 0 Å². The zero-order valence-corrected chi connectivity index (χ0v) is 10.2. The highest BCUT2D eigenvalue weighted by atomic mass is 35.5. The van der Waals surface area contributed by atoms with Gasteiger partial charge in [-0.2, -0.15) is 0 Å². The van der Waals surface area contributed by atoms with Gasteiger partial charge in [0.25, 0.3) is 0 Å². The summed E-state index contributed by atoms with van der Waals surface area (Å²) in [5, 5.41) is 10.2. The lowest BCUT2D eigenvalue weighted by Gasteiger charge is -2.23. The van der Waals surface area contributed by atoms with Crippen molar-refractivity contribution in [2.24, 2.45) is 5.92 Å². The van der Waals surface area contributed by atoms with E-state index in [0.717, 1.165) is 23.4 Å². The van der Waals surface area contributed by atoms with E-state index in [4.69, 9.17) is 11.6 Å². The molecule has 84 valence electrons. The molecule has 1 aromatic rings. The van der Waals surface area contributed by atoms with E-state index in [1.807, 2.05) is 24.3 Å². The second kappa shape index (κ2) is 6.14. The smallest absolute Gasteiger partial charge is 0.0502 e. The molecule has 15 heavy (non-hydrogen) atoms. The molecule has 0 saturated carbocycles. The number of hydrogen-bond donors (Lipinski definition) is 1. The Morgan fingerprint density at radius 1 is 1.27 bits per heavy atom. The first-order valence-corrected chi connectivity index (χ1v) is 5.97. The van der Waals surface area contributed by atoms with E-state index in [2.05, 4.69) is 13.8 Å². The van der Waals surface area contributed by atoms with Gasteiger partial charge in [-0.3, -0.25) is 0 Å². The monoisotopic (exact) mass is 226 g/mol. The van der Waals surface area contributed by atoms with E-state index in [1.54, 1.807) is 0 Å². The Labute approximate surface area is 97.1 Å². The number of halogens is 1. The molecule has 1 nitrogen and oxygen atoms in total. The van der Waals surface area contributed by atoms with Gasteiger partial charge in [-0.1, -0.05) is 50.4 Å². The molecule has 0 radical (unpaired) electrons. The van der Waals surface area contributed by atoms with Crippen molar-refractivity contribution >= 4 is 11.6 Å². The first-order valence-electron chi connectivity index (χ1n) is 5.59. The topological polar surface area (TPSA) is 20.2 Å². The molecule has 0 aliphatic carbocycles. The van der Waals surface area contributed by atoms with E-state index in [0.29, 0.717) is 5.92 Å². The minimum atomic E-state index is 0.201. The zero-order chi connectivity index (χ0) is 11.3. The van der Waals surface area contributed by atoms with Gasteiger partial charge < -0.3 is 5.11 Å². The molecule has 0 aliphatic heterocycles. The number of aliphatic hydroxyl groups is 1. The van der Waals surface area contributed by atoms with E-state index in [-0.39, 0.29) is 12.5 Å². The number of aliphatic hydroxyl groups excluding tert-OH is 1. The van der Waals surface area contributed by atoms with Crippen molar-refractivity contribution in [1.29, 1.82) is 0 Å². The van der Waals surface area contributed by atoms with Gasteiger partial charge in [0.1, 0.15) is 0 Å². The third-order valence-electron chi connectivity index (χ3n) is 3.09. The minimum Gasteiger partial charge on any atom is -0.396 e. The van der Waals surface area contributed by atoms with Crippen LogP contribution in [0.25, 0.3) is 0 Å². The van der Waals surface area contributed by atoms with Gasteiger partial charge in [-0.05, 0) is 23.6 Å². The van der Waals surface area contributed by atoms with Crippen molar-refractivity contribution in [2.75, 3.05) is 6.61 Å². The lowest BCUT2D eigenvalue weighted by atomic mass is 9.83. The van der Waals surface area contributed by atoms with Crippen LogP contribution in [0.2, 0.25) is 5.02 Å². The molecule has 0 amide bonds. The van der Waals surface area contributed by atoms with Crippen LogP contribution in [0.5, 0.6) is 0 Å². The van der Waals surface area contributed by atoms with Crippen LogP contribution < -0.4 is 0 Å². The average molecular weight is 227 g/mol. The summed E-state index contributed by atoms with van der Waals surface area (Å²) in [4.78, 5) is 0. The largest absolute Gasteiger partial charge is 0.396 e. The summed E-state index contributed by atoms with van der Waals surface area (Å²) >= 11 is 5.96. The molecule has 0 aliphatic rings. The highest BCUT2D eigenvalue weighted by Crippen LogP contribution is 2.30. The van der Waals surface area contributed by atoms with Crippen LogP contribution in [-0.2, 0) is 0 Å². The van der Waals surface area contributed by atoms with Crippen molar-refractivity contribution < 1.29 is 5.11 Å². The van der Waals surface area contributed by atoms with Crippen LogP contribution in [0.4, 0.5) is 0 Å². The van der Waals surface area contributed by atoms with Crippen LogP contribution in [0.15, 0.2) is 24.3 Å². The van der Waals surface area contributed by atoms with Gasteiger partial charge in [-0.25, -0.2) is 0 Å². The molecule has 1 aromatic carbocycles. The van der Waals surface area contributed by atoms with Crippen molar-refractivity contribution in [3.8, 4) is 0 Å². The van der Waals surface area contributed by atoms with Crippen LogP contribution in [-0.4, -0.2) is 11.7 Å². The Morgan fingerprint density at radius 2 is 1.93 bits per heavy atom. The normalized spacial score (nSPS) is 13.1. The van der Waals surface area contributed by atoms with Gasteiger partial charge in [-0.15, -0.1) is 0 Å². The molecule has 2 heteroatoms. The Bertz CT molecular complexity index is 294. The standard InChI is InChI=1S/C13H19ClO/c1-3-10(4-2)13(9-15)11-6-5-7-12(14)8-11/h5-8,10,13,15H,3-4,9H2,1-2H3. The quantitative estimate of drug-likeness (QED) is 0.809. The summed E-state index contributed by atoms with van der Waals surface area (Å²) < 4.78 is 0. The van der Waals surface area contributed by atoms with E-state index < -0.39 is 0 Å². The summed E-state index contributed by atoms with van der Waals surface area (Å²) in [7, 11) is 0. The van der Waals surface area contributed by atoms with E-state index in [1.165, 1.54) is 0 Å². The molecule has 0 aromatic heterocycles. The second-order valence-electron chi connectivity index (χ2n) is 3.92. The summed E-state index contributed by atoms with van der Waals surface area (Å²) in [6, 6.07) is 7.82. The second-order valence-corrected chi connectivity index (χ2v) is 4.36. The van der Waals surface area contributed by atoms with Crippen LogP contribution in [0, 0.1) is 5.92 Å². The Kier molecular flexibility index (Phi) is 5.13. The maximum Gasteiger partial charge on any atom is 0.0502 e. The summed E-state index contributed by atoms with van der Waals surface area (Å²) in [6.07, 6.45) is 2.18. The van der Waals surface area contributed by atoms with Crippen molar-refractivity contribution in [1.82, 2.24) is 0 Å². The number of hydrogen-bond acceptors (Lipinski definition) is 1. The molecule has 1 rings (SSSR count). The molecular formula is C13H19ClO. The van der Waals surface area contributed by atoms with Gasteiger partial charge in [0.15, 0.2) is 0 Å². The molecule has 1 N–H and O–H groups in total. The lowest BCUT2D eigenvalue weighted by molar-refractivity contribution is 0.218.